The van der Waals surface area contributed by atoms with Crippen molar-refractivity contribution in [3.8, 4) is 0 Å². The van der Waals surface area contributed by atoms with Crippen LogP contribution >= 0.6 is 0 Å². The van der Waals surface area contributed by atoms with E-state index in [9.17, 15) is 9.59 Å². The van der Waals surface area contributed by atoms with E-state index in [0.29, 0.717) is 5.39 Å². The van der Waals surface area contributed by atoms with Crippen molar-refractivity contribution < 1.29 is 9.53 Å². The molecule has 1 aromatic heterocycles. The maximum Gasteiger partial charge on any atom is 0.309 e. The number of aromatic nitrogens is 1. The zero-order valence-corrected chi connectivity index (χ0v) is 10.7. The van der Waals surface area contributed by atoms with Crippen LogP contribution in [0.15, 0.2) is 29.1 Å². The van der Waals surface area contributed by atoms with Gasteiger partial charge in [-0.1, -0.05) is 6.07 Å². The normalized spacial score (nSPS) is 10.6. The Labute approximate surface area is 105 Å². The van der Waals surface area contributed by atoms with Gasteiger partial charge in [0.15, 0.2) is 5.43 Å². The molecule has 0 aliphatic rings. The number of hydrogen-bond acceptors (Lipinski definition) is 3. The average molecular weight is 245 g/mol. The van der Waals surface area contributed by atoms with E-state index in [-0.39, 0.29) is 17.8 Å². The Morgan fingerprint density at radius 1 is 1.33 bits per heavy atom. The molecule has 0 unspecified atom stereocenters. The van der Waals surface area contributed by atoms with Crippen molar-refractivity contribution in [1.29, 1.82) is 0 Å². The van der Waals surface area contributed by atoms with Crippen molar-refractivity contribution in [3.05, 3.63) is 45.7 Å². The summed E-state index contributed by atoms with van der Waals surface area (Å²) in [5, 5.41) is 0.629. The maximum absolute atomic E-state index is 11.9. The first-order chi connectivity index (χ1) is 8.52. The number of fused-ring (bicyclic) bond motifs is 1. The van der Waals surface area contributed by atoms with E-state index in [1.807, 2.05) is 30.7 Å². The number of benzene rings is 1. The van der Waals surface area contributed by atoms with Crippen LogP contribution in [-0.4, -0.2) is 17.6 Å². The van der Waals surface area contributed by atoms with Gasteiger partial charge in [-0.3, -0.25) is 9.59 Å². The number of nitrogens with zero attached hydrogens (tertiary/aromatic N) is 1. The Balaban J connectivity index is 2.59. The lowest BCUT2D eigenvalue weighted by Gasteiger charge is -2.09. The molecule has 0 N–H and O–H groups in total. The van der Waals surface area contributed by atoms with Crippen LogP contribution < -0.4 is 5.43 Å². The zero-order valence-electron chi connectivity index (χ0n) is 10.7. The van der Waals surface area contributed by atoms with E-state index in [4.69, 9.17) is 0 Å². The topological polar surface area (TPSA) is 48.3 Å². The van der Waals surface area contributed by atoms with Gasteiger partial charge in [-0.05, 0) is 24.6 Å². The third-order valence-electron chi connectivity index (χ3n) is 3.13. The van der Waals surface area contributed by atoms with Gasteiger partial charge in [0.05, 0.1) is 19.0 Å². The van der Waals surface area contributed by atoms with Gasteiger partial charge in [0, 0.05) is 24.2 Å². The Morgan fingerprint density at radius 3 is 2.72 bits per heavy atom. The van der Waals surface area contributed by atoms with Crippen LogP contribution in [0.2, 0.25) is 0 Å². The molecule has 0 aliphatic carbocycles. The lowest BCUT2D eigenvalue weighted by molar-refractivity contribution is -0.139. The van der Waals surface area contributed by atoms with Crippen molar-refractivity contribution in [2.75, 3.05) is 7.11 Å². The second-order valence-electron chi connectivity index (χ2n) is 4.31. The molecule has 4 nitrogen and oxygen atoms in total. The van der Waals surface area contributed by atoms with Crippen LogP contribution in [0.25, 0.3) is 10.9 Å². The van der Waals surface area contributed by atoms with Crippen LogP contribution in [0.1, 0.15) is 11.3 Å². The molecule has 2 rings (SSSR count). The van der Waals surface area contributed by atoms with E-state index in [2.05, 4.69) is 4.74 Å². The van der Waals surface area contributed by atoms with Crippen molar-refractivity contribution in [2.24, 2.45) is 7.05 Å². The molecule has 0 radical (unpaired) electrons. The summed E-state index contributed by atoms with van der Waals surface area (Å²) in [4.78, 5) is 23.1. The van der Waals surface area contributed by atoms with Crippen LogP contribution in [0.3, 0.4) is 0 Å². The highest BCUT2D eigenvalue weighted by Gasteiger charge is 2.07. The summed E-state index contributed by atoms with van der Waals surface area (Å²) in [6.45, 7) is 1.89. The minimum atomic E-state index is -0.307. The number of rotatable bonds is 2. The maximum atomic E-state index is 11.9. The molecule has 0 saturated heterocycles. The van der Waals surface area contributed by atoms with Crippen molar-refractivity contribution in [1.82, 2.24) is 4.57 Å². The number of ether oxygens (including phenoxy) is 1. The second kappa shape index (κ2) is 4.64. The molecule has 94 valence electrons. The highest BCUT2D eigenvalue weighted by molar-refractivity contribution is 5.82. The largest absolute Gasteiger partial charge is 0.469 e. The minimum Gasteiger partial charge on any atom is -0.469 e. The molecule has 2 aromatic rings. The number of pyridine rings is 1. The summed E-state index contributed by atoms with van der Waals surface area (Å²) < 4.78 is 6.57. The number of aryl methyl sites for hydroxylation is 2. The van der Waals surface area contributed by atoms with Crippen molar-refractivity contribution >= 4 is 16.9 Å². The zero-order chi connectivity index (χ0) is 13.3. The van der Waals surface area contributed by atoms with Crippen LogP contribution in [-0.2, 0) is 23.0 Å². The van der Waals surface area contributed by atoms with E-state index in [1.165, 1.54) is 7.11 Å². The number of carbonyl (C=O) groups is 1. The standard InChI is InChI=1S/C14H15NO3/c1-9-6-13(16)11-7-10(8-14(17)18-3)4-5-12(11)15(9)2/h4-7H,8H2,1-3H3. The summed E-state index contributed by atoms with van der Waals surface area (Å²) in [5.41, 5.74) is 2.55. The van der Waals surface area contributed by atoms with Gasteiger partial charge in [0.2, 0.25) is 0 Å². The summed E-state index contributed by atoms with van der Waals surface area (Å²) in [6.07, 6.45) is 0.184. The molecular weight excluding hydrogens is 230 g/mol. The van der Waals surface area contributed by atoms with E-state index < -0.39 is 0 Å². The van der Waals surface area contributed by atoms with E-state index in [0.717, 1.165) is 16.8 Å². The van der Waals surface area contributed by atoms with Crippen molar-refractivity contribution in [2.45, 2.75) is 13.3 Å². The average Bonchev–Trinajstić information content (AvgIpc) is 2.36. The first kappa shape index (κ1) is 12.4. The molecule has 18 heavy (non-hydrogen) atoms. The fraction of sp³-hybridized carbons (Fsp3) is 0.286. The molecule has 0 aliphatic heterocycles. The third kappa shape index (κ3) is 2.14. The molecular formula is C14H15NO3. The number of hydrogen-bond donors (Lipinski definition) is 0. The predicted octanol–water partition coefficient (Wildman–Crippen LogP) is 1.56. The van der Waals surface area contributed by atoms with Crippen molar-refractivity contribution in [3.63, 3.8) is 0 Å². The Hall–Kier alpha value is -2.10. The molecule has 0 bridgehead atoms. The summed E-state index contributed by atoms with van der Waals surface area (Å²) >= 11 is 0. The molecule has 1 heterocycles. The lowest BCUT2D eigenvalue weighted by Crippen LogP contribution is -2.10. The van der Waals surface area contributed by atoms with Crippen LogP contribution in [0, 0.1) is 6.92 Å². The van der Waals surface area contributed by atoms with Gasteiger partial charge in [0.25, 0.3) is 0 Å². The summed E-state index contributed by atoms with van der Waals surface area (Å²) in [7, 11) is 3.27. The monoisotopic (exact) mass is 245 g/mol. The third-order valence-corrected chi connectivity index (χ3v) is 3.13. The number of carbonyl (C=O) groups excluding carboxylic acids is 1. The highest BCUT2D eigenvalue weighted by atomic mass is 16.5. The van der Waals surface area contributed by atoms with E-state index >= 15 is 0 Å². The fourth-order valence-electron chi connectivity index (χ4n) is 1.98. The molecule has 0 fully saturated rings. The summed E-state index contributed by atoms with van der Waals surface area (Å²) in [6, 6.07) is 7.07. The Morgan fingerprint density at radius 2 is 2.06 bits per heavy atom. The van der Waals surface area contributed by atoms with E-state index in [1.54, 1.807) is 12.1 Å². The molecule has 0 spiro atoms. The van der Waals surface area contributed by atoms with Gasteiger partial charge >= 0.3 is 5.97 Å². The van der Waals surface area contributed by atoms with Gasteiger partial charge in [-0.25, -0.2) is 0 Å². The first-order valence-corrected chi connectivity index (χ1v) is 5.69. The van der Waals surface area contributed by atoms with Gasteiger partial charge in [0.1, 0.15) is 0 Å². The Kier molecular flexibility index (Phi) is 3.19. The molecule has 0 amide bonds. The fourth-order valence-corrected chi connectivity index (χ4v) is 1.98. The smallest absolute Gasteiger partial charge is 0.309 e. The van der Waals surface area contributed by atoms with Crippen LogP contribution in [0.5, 0.6) is 0 Å². The van der Waals surface area contributed by atoms with Gasteiger partial charge in [-0.15, -0.1) is 0 Å². The molecule has 1 aromatic carbocycles. The highest BCUT2D eigenvalue weighted by Crippen LogP contribution is 2.14. The number of methoxy groups -OCH3 is 1. The SMILES string of the molecule is COC(=O)Cc1ccc2c(c1)c(=O)cc(C)n2C. The Bertz CT molecular complexity index is 671. The lowest BCUT2D eigenvalue weighted by atomic mass is 10.1. The molecule has 4 heteroatoms. The number of esters is 1. The first-order valence-electron chi connectivity index (χ1n) is 5.69. The van der Waals surface area contributed by atoms with Crippen LogP contribution in [0.4, 0.5) is 0 Å². The quantitative estimate of drug-likeness (QED) is 0.754. The molecule has 0 atom stereocenters. The summed E-state index contributed by atoms with van der Waals surface area (Å²) in [5.74, 6) is -0.307. The second-order valence-corrected chi connectivity index (χ2v) is 4.31. The predicted molar refractivity (Wildman–Crippen MR) is 69.6 cm³/mol. The molecule has 0 saturated carbocycles. The van der Waals surface area contributed by atoms with Gasteiger partial charge < -0.3 is 9.30 Å². The minimum absolute atomic E-state index is 0.0210. The van der Waals surface area contributed by atoms with Gasteiger partial charge in [-0.2, -0.15) is 0 Å².